The summed E-state index contributed by atoms with van der Waals surface area (Å²) >= 11 is 2.72. The minimum absolute atomic E-state index is 0.0288. The van der Waals surface area contributed by atoms with E-state index in [4.69, 9.17) is 10.8 Å². The molecule has 8 atom stereocenters. The van der Waals surface area contributed by atoms with E-state index < -0.39 is 164 Å². The third-order valence-electron chi connectivity index (χ3n) is 11.1. The first-order chi connectivity index (χ1) is 34.0. The lowest BCUT2D eigenvalue weighted by atomic mass is 10.0. The van der Waals surface area contributed by atoms with Gasteiger partial charge in [-0.15, -0.1) is 0 Å². The topological polar surface area (TPSA) is 428 Å². The first-order valence-electron chi connectivity index (χ1n) is 22.7. The zero-order chi connectivity index (χ0) is 54.1. The van der Waals surface area contributed by atoms with Gasteiger partial charge in [-0.2, -0.15) is 23.5 Å². The molecule has 1 fully saturated rings. The van der Waals surface area contributed by atoms with Gasteiger partial charge in [-0.25, -0.2) is 4.79 Å². The molecule has 1 saturated heterocycles. The van der Waals surface area contributed by atoms with Crippen molar-refractivity contribution < 1.29 is 88.2 Å². The normalized spacial score (nSPS) is 16.0. The Morgan fingerprint density at radius 3 is 1.40 bits per heavy atom. The fraction of sp³-hybridized carbons (Fsp3) is 0.591. The number of carboxylic acid groups (broad SMARTS) is 5. The fourth-order valence-corrected chi connectivity index (χ4v) is 8.17. The standard InChI is InChI=1S/C44H64N8O18S2/c1-71-20-17-29(43(68)52-19-3-4-32(52)42(67)50-30(44(69)70)18-21-72-2)49-41(66)31(22-23-5-7-24(53)8-6-23)51-40(65)28(12-16-36(60)61)48-39(64)27(11-15-35(58)59)47-38(63)26(10-14-34(56)57)46-37(62)25(45)9-13-33(54)55/h5-8,25-32,53H,3-4,9-22,45H2,1-2H3,(H,46,62)(H,47,63)(H,48,64)(H,49,66)(H,50,67)(H,51,65)(H,54,55)(H,56,57)(H,58,59)(H,60,61)(H,69,70)/t25-,26-,27-,28-,29-,30-,31-,32-/m0/s1. The zero-order valence-corrected chi connectivity index (χ0v) is 41.3. The first-order valence-corrected chi connectivity index (χ1v) is 25.5. The summed E-state index contributed by atoms with van der Waals surface area (Å²) < 4.78 is 0. The van der Waals surface area contributed by atoms with Crippen LogP contribution in [-0.4, -0.2) is 186 Å². The van der Waals surface area contributed by atoms with Crippen LogP contribution in [-0.2, 0) is 64.0 Å². The van der Waals surface area contributed by atoms with Crippen LogP contribution >= 0.6 is 23.5 Å². The van der Waals surface area contributed by atoms with Gasteiger partial charge in [-0.05, 0) is 93.1 Å². The van der Waals surface area contributed by atoms with E-state index in [1.165, 1.54) is 52.7 Å². The molecule has 0 unspecified atom stereocenters. The number of rotatable bonds is 34. The molecule has 7 amide bonds. The quantitative estimate of drug-likeness (QED) is 0.0363. The highest BCUT2D eigenvalue weighted by molar-refractivity contribution is 7.98. The number of hydrogen-bond donors (Lipinski definition) is 13. The number of aliphatic carboxylic acids is 5. The maximum atomic E-state index is 14.3. The van der Waals surface area contributed by atoms with E-state index in [0.29, 0.717) is 23.5 Å². The molecule has 0 aliphatic carbocycles. The third kappa shape index (κ3) is 22.2. The summed E-state index contributed by atoms with van der Waals surface area (Å²) in [7, 11) is 0. The average molecular weight is 1060 g/mol. The molecule has 14 N–H and O–H groups in total. The van der Waals surface area contributed by atoms with Gasteiger partial charge in [0.2, 0.25) is 41.4 Å². The number of hydrogen-bond acceptors (Lipinski definition) is 16. The molecule has 72 heavy (non-hydrogen) atoms. The summed E-state index contributed by atoms with van der Waals surface area (Å²) in [5.41, 5.74) is 6.11. The molecule has 28 heteroatoms. The Balaban J connectivity index is 2.49. The van der Waals surface area contributed by atoms with Crippen molar-refractivity contribution in [3.63, 3.8) is 0 Å². The Labute approximate surface area is 422 Å². The molecule has 0 bridgehead atoms. The summed E-state index contributed by atoms with van der Waals surface area (Å²) in [4.78, 5) is 155. The van der Waals surface area contributed by atoms with Crippen LogP contribution in [0.1, 0.15) is 82.6 Å². The Morgan fingerprint density at radius 1 is 0.556 bits per heavy atom. The highest BCUT2D eigenvalue weighted by Crippen LogP contribution is 2.21. The Kier molecular flexibility index (Phi) is 27.0. The second-order valence-corrected chi connectivity index (χ2v) is 18.6. The minimum Gasteiger partial charge on any atom is -0.508 e. The van der Waals surface area contributed by atoms with Crippen molar-refractivity contribution in [2.75, 3.05) is 30.6 Å². The minimum atomic E-state index is -1.83. The number of carbonyl (C=O) groups excluding carboxylic acids is 7. The molecule has 0 radical (unpaired) electrons. The van der Waals surface area contributed by atoms with Gasteiger partial charge in [-0.1, -0.05) is 12.1 Å². The molecule has 1 aromatic rings. The largest absolute Gasteiger partial charge is 0.508 e. The van der Waals surface area contributed by atoms with Gasteiger partial charge < -0.3 is 73.2 Å². The van der Waals surface area contributed by atoms with Crippen LogP contribution in [0.5, 0.6) is 5.75 Å². The van der Waals surface area contributed by atoms with Gasteiger partial charge in [0.1, 0.15) is 48.0 Å². The van der Waals surface area contributed by atoms with E-state index in [0.717, 1.165) is 0 Å². The molecule has 0 aromatic heterocycles. The van der Waals surface area contributed by atoms with Crippen molar-refractivity contribution in [2.24, 2.45) is 5.73 Å². The summed E-state index contributed by atoms with van der Waals surface area (Å²) in [5, 5.41) is 71.2. The van der Waals surface area contributed by atoms with Gasteiger partial charge in [0.15, 0.2) is 0 Å². The van der Waals surface area contributed by atoms with E-state index >= 15 is 0 Å². The maximum absolute atomic E-state index is 14.3. The lowest BCUT2D eigenvalue weighted by Gasteiger charge is -2.31. The van der Waals surface area contributed by atoms with Gasteiger partial charge in [0, 0.05) is 38.6 Å². The molecule has 0 spiro atoms. The summed E-state index contributed by atoms with van der Waals surface area (Å²) in [6.07, 6.45) is -1.09. The second-order valence-electron chi connectivity index (χ2n) is 16.7. The van der Waals surface area contributed by atoms with E-state index in [1.807, 2.05) is 0 Å². The Bertz CT molecular complexity index is 2100. The molecule has 400 valence electrons. The summed E-state index contributed by atoms with van der Waals surface area (Å²) in [6.45, 7) is 0.0953. The van der Waals surface area contributed by atoms with E-state index in [-0.39, 0.29) is 44.4 Å². The smallest absolute Gasteiger partial charge is 0.326 e. The lowest BCUT2D eigenvalue weighted by Crippen LogP contribution is -2.60. The van der Waals surface area contributed by atoms with Crippen molar-refractivity contribution in [1.29, 1.82) is 0 Å². The number of phenols is 1. The first kappa shape index (κ1) is 61.4. The molecular formula is C44H64N8O18S2. The number of nitrogens with two attached hydrogens (primary N) is 1. The number of nitrogens with zero attached hydrogens (tertiary/aromatic N) is 1. The number of thioether (sulfide) groups is 2. The monoisotopic (exact) mass is 1060 g/mol. The molecule has 2 rings (SSSR count). The van der Waals surface area contributed by atoms with Crippen LogP contribution in [0.15, 0.2) is 24.3 Å². The van der Waals surface area contributed by atoms with Crippen LogP contribution in [0.25, 0.3) is 0 Å². The Morgan fingerprint density at radius 2 is 0.958 bits per heavy atom. The second kappa shape index (κ2) is 31.6. The van der Waals surface area contributed by atoms with Crippen LogP contribution in [0.3, 0.4) is 0 Å². The highest BCUT2D eigenvalue weighted by atomic mass is 32.2. The number of carbonyl (C=O) groups is 12. The average Bonchev–Trinajstić information content (AvgIpc) is 3.82. The van der Waals surface area contributed by atoms with Crippen LogP contribution < -0.4 is 37.6 Å². The fourth-order valence-electron chi connectivity index (χ4n) is 7.22. The third-order valence-corrected chi connectivity index (χ3v) is 12.4. The Hall–Kier alpha value is -6.68. The lowest BCUT2D eigenvalue weighted by molar-refractivity contribution is -0.145. The van der Waals surface area contributed by atoms with Crippen molar-refractivity contribution in [2.45, 2.75) is 132 Å². The number of nitrogens with one attached hydrogen (secondary N) is 6. The molecule has 1 aliphatic rings. The number of likely N-dealkylation sites (tertiary alicyclic amines) is 1. The van der Waals surface area contributed by atoms with Crippen molar-refractivity contribution in [3.8, 4) is 5.75 Å². The molecular weight excluding hydrogens is 993 g/mol. The van der Waals surface area contributed by atoms with Crippen molar-refractivity contribution in [1.82, 2.24) is 36.8 Å². The molecule has 0 saturated carbocycles. The van der Waals surface area contributed by atoms with E-state index in [9.17, 15) is 83.1 Å². The predicted molar refractivity (Wildman–Crippen MR) is 257 cm³/mol. The summed E-state index contributed by atoms with van der Waals surface area (Å²) in [5.74, 6) is -13.2. The number of benzene rings is 1. The summed E-state index contributed by atoms with van der Waals surface area (Å²) in [6, 6.07) is -6.58. The zero-order valence-electron chi connectivity index (χ0n) is 39.7. The van der Waals surface area contributed by atoms with Gasteiger partial charge in [0.05, 0.1) is 6.04 Å². The SMILES string of the molecule is CSCC[C@H](NC(=O)[C@@H]1CCCN1C(=O)[C@H](CCSC)NC(=O)[C@H](Cc1ccc(O)cc1)NC(=O)[C@H](CCC(=O)O)NC(=O)[C@H](CCC(=O)O)NC(=O)[C@H](CCC(=O)O)NC(=O)[C@@H](N)CCC(=O)O)C(=O)O. The highest BCUT2D eigenvalue weighted by Gasteiger charge is 2.40. The van der Waals surface area contributed by atoms with Crippen LogP contribution in [0.4, 0.5) is 0 Å². The van der Waals surface area contributed by atoms with Crippen molar-refractivity contribution >= 4 is 94.7 Å². The molecule has 1 aliphatic heterocycles. The van der Waals surface area contributed by atoms with Crippen LogP contribution in [0, 0.1) is 0 Å². The van der Waals surface area contributed by atoms with Gasteiger partial charge >= 0.3 is 29.8 Å². The molecule has 26 nitrogen and oxygen atoms in total. The van der Waals surface area contributed by atoms with Gasteiger partial charge in [-0.3, -0.25) is 52.7 Å². The molecule has 1 aromatic carbocycles. The number of phenolic OH excluding ortho intramolecular Hbond substituents is 1. The van der Waals surface area contributed by atoms with Gasteiger partial charge in [0.25, 0.3) is 0 Å². The number of aromatic hydroxyl groups is 1. The molecule has 1 heterocycles. The van der Waals surface area contributed by atoms with E-state index in [1.54, 1.807) is 12.5 Å². The van der Waals surface area contributed by atoms with Crippen LogP contribution in [0.2, 0.25) is 0 Å². The number of amides is 7. The van der Waals surface area contributed by atoms with Crippen molar-refractivity contribution in [3.05, 3.63) is 29.8 Å². The number of carboxylic acids is 5. The predicted octanol–water partition coefficient (Wildman–Crippen LogP) is -1.79. The van der Waals surface area contributed by atoms with E-state index in [2.05, 4.69) is 31.9 Å². The maximum Gasteiger partial charge on any atom is 0.326 e.